The monoisotopic (exact) mass is 309 g/mol. The Hall–Kier alpha value is -2.66. The predicted octanol–water partition coefficient (Wildman–Crippen LogP) is 3.17. The zero-order chi connectivity index (χ0) is 16.1. The number of para-hydroxylation sites is 1. The molecule has 2 aromatic carbocycles. The molecule has 23 heavy (non-hydrogen) atoms. The third-order valence-corrected chi connectivity index (χ3v) is 3.94. The highest BCUT2D eigenvalue weighted by Crippen LogP contribution is 2.33. The van der Waals surface area contributed by atoms with Crippen LogP contribution in [-0.4, -0.2) is 31.1 Å². The van der Waals surface area contributed by atoms with Crippen LogP contribution in [0.1, 0.15) is 11.1 Å². The lowest BCUT2D eigenvalue weighted by Gasteiger charge is -2.29. The van der Waals surface area contributed by atoms with E-state index in [1.807, 2.05) is 54.6 Å². The summed E-state index contributed by atoms with van der Waals surface area (Å²) in [5.41, 5.74) is 2.54. The zero-order valence-electron chi connectivity index (χ0n) is 12.8. The second-order valence-electron chi connectivity index (χ2n) is 5.45. The molecule has 0 aromatic heterocycles. The van der Waals surface area contributed by atoms with Crippen LogP contribution in [0, 0.1) is 10.1 Å². The number of nitrogens with one attached hydrogen (secondary N) is 1. The van der Waals surface area contributed by atoms with E-state index in [1.165, 1.54) is 0 Å². The van der Waals surface area contributed by atoms with Gasteiger partial charge in [-0.25, -0.2) is 0 Å². The first-order valence-corrected chi connectivity index (χ1v) is 7.72. The highest BCUT2D eigenvalue weighted by atomic mass is 16.6. The van der Waals surface area contributed by atoms with Crippen molar-refractivity contribution in [2.75, 3.05) is 31.1 Å². The average Bonchev–Trinajstić information content (AvgIpc) is 2.61. The van der Waals surface area contributed by atoms with Gasteiger partial charge in [-0.1, -0.05) is 42.5 Å². The summed E-state index contributed by atoms with van der Waals surface area (Å²) in [4.78, 5) is 13.4. The van der Waals surface area contributed by atoms with Crippen LogP contribution in [0.15, 0.2) is 48.5 Å². The van der Waals surface area contributed by atoms with Gasteiger partial charge in [0.2, 0.25) is 0 Å². The smallest absolute Gasteiger partial charge is 0.299 e. The zero-order valence-corrected chi connectivity index (χ0v) is 12.8. The molecule has 3 rings (SSSR count). The number of piperazine rings is 1. The summed E-state index contributed by atoms with van der Waals surface area (Å²) in [6.07, 6.45) is 3.73. The van der Waals surface area contributed by atoms with E-state index in [1.54, 1.807) is 6.07 Å². The molecule has 0 saturated carbocycles. The van der Waals surface area contributed by atoms with Gasteiger partial charge >= 0.3 is 0 Å². The molecule has 118 valence electrons. The maximum absolute atomic E-state index is 11.6. The molecule has 1 saturated heterocycles. The minimum absolute atomic E-state index is 0.182. The summed E-state index contributed by atoms with van der Waals surface area (Å²) in [5, 5.41) is 14.9. The van der Waals surface area contributed by atoms with Gasteiger partial charge in [-0.3, -0.25) is 10.1 Å². The molecule has 5 nitrogen and oxygen atoms in total. The molecule has 1 aliphatic rings. The van der Waals surface area contributed by atoms with Crippen molar-refractivity contribution in [3.8, 4) is 0 Å². The molecule has 0 bridgehead atoms. The number of benzene rings is 2. The van der Waals surface area contributed by atoms with Crippen LogP contribution in [0.5, 0.6) is 0 Å². The first kappa shape index (κ1) is 15.2. The summed E-state index contributed by atoms with van der Waals surface area (Å²) in [7, 11) is 0. The van der Waals surface area contributed by atoms with E-state index < -0.39 is 0 Å². The molecule has 2 aromatic rings. The average molecular weight is 309 g/mol. The van der Waals surface area contributed by atoms with Gasteiger partial charge in [-0.15, -0.1) is 0 Å². The van der Waals surface area contributed by atoms with Crippen molar-refractivity contribution < 1.29 is 4.92 Å². The number of rotatable bonds is 4. The Morgan fingerprint density at radius 3 is 2.43 bits per heavy atom. The van der Waals surface area contributed by atoms with E-state index in [-0.39, 0.29) is 10.6 Å². The van der Waals surface area contributed by atoms with Crippen LogP contribution in [-0.2, 0) is 0 Å². The van der Waals surface area contributed by atoms with Crippen molar-refractivity contribution in [3.05, 3.63) is 69.8 Å². The lowest BCUT2D eigenvalue weighted by atomic mass is 10.1. The predicted molar refractivity (Wildman–Crippen MR) is 93.5 cm³/mol. The molecule has 1 fully saturated rings. The van der Waals surface area contributed by atoms with Gasteiger partial charge in [0.1, 0.15) is 5.69 Å². The lowest BCUT2D eigenvalue weighted by Crippen LogP contribution is -2.43. The van der Waals surface area contributed by atoms with Crippen molar-refractivity contribution in [1.82, 2.24) is 5.32 Å². The van der Waals surface area contributed by atoms with Crippen LogP contribution in [0.2, 0.25) is 0 Å². The van der Waals surface area contributed by atoms with E-state index in [4.69, 9.17) is 0 Å². The largest absolute Gasteiger partial charge is 0.363 e. The van der Waals surface area contributed by atoms with Gasteiger partial charge in [-0.05, 0) is 23.8 Å². The van der Waals surface area contributed by atoms with Crippen molar-refractivity contribution in [3.63, 3.8) is 0 Å². The molecule has 1 N–H and O–H groups in total. The fraction of sp³-hybridized carbons (Fsp3) is 0.222. The van der Waals surface area contributed by atoms with Crippen molar-refractivity contribution in [1.29, 1.82) is 0 Å². The Labute approximate surface area is 135 Å². The van der Waals surface area contributed by atoms with Crippen LogP contribution in [0.4, 0.5) is 11.4 Å². The Morgan fingerprint density at radius 1 is 1.00 bits per heavy atom. The molecule has 0 radical (unpaired) electrons. The number of hydrogen-bond donors (Lipinski definition) is 1. The summed E-state index contributed by atoms with van der Waals surface area (Å²) in [5.74, 6) is 0. The summed E-state index contributed by atoms with van der Waals surface area (Å²) < 4.78 is 0. The first-order chi connectivity index (χ1) is 11.3. The van der Waals surface area contributed by atoms with Crippen LogP contribution >= 0.6 is 0 Å². The number of nitro benzene ring substituents is 1. The molecule has 1 heterocycles. The highest BCUT2D eigenvalue weighted by molar-refractivity contribution is 5.80. The molecule has 0 spiro atoms. The van der Waals surface area contributed by atoms with Gasteiger partial charge in [0.15, 0.2) is 0 Å². The Kier molecular flexibility index (Phi) is 4.68. The molecular weight excluding hydrogens is 290 g/mol. The van der Waals surface area contributed by atoms with E-state index in [0.29, 0.717) is 11.3 Å². The topological polar surface area (TPSA) is 58.4 Å². The fourth-order valence-electron chi connectivity index (χ4n) is 2.79. The summed E-state index contributed by atoms with van der Waals surface area (Å²) in [6.45, 7) is 3.27. The molecule has 0 atom stereocenters. The maximum Gasteiger partial charge on any atom is 0.299 e. The SMILES string of the molecule is O=[N+]([O-])c1c(C=Cc2ccccc2)cccc1N1CCNCC1. The third kappa shape index (κ3) is 3.57. The Bertz CT molecular complexity index is 707. The quantitative estimate of drug-likeness (QED) is 0.535. The standard InChI is InChI=1S/C18H19N3O2/c22-21(23)18-16(10-9-15-5-2-1-3-6-15)7-4-8-17(18)20-13-11-19-12-14-20/h1-10,19H,11-14H2. The highest BCUT2D eigenvalue weighted by Gasteiger charge is 2.23. The van der Waals surface area contributed by atoms with Gasteiger partial charge in [0.05, 0.1) is 10.5 Å². The molecule has 5 heteroatoms. The molecule has 0 aliphatic carbocycles. The fourth-order valence-corrected chi connectivity index (χ4v) is 2.79. The van der Waals surface area contributed by atoms with Gasteiger partial charge in [0.25, 0.3) is 5.69 Å². The van der Waals surface area contributed by atoms with Crippen molar-refractivity contribution in [2.24, 2.45) is 0 Å². The lowest BCUT2D eigenvalue weighted by molar-refractivity contribution is -0.384. The second-order valence-corrected chi connectivity index (χ2v) is 5.45. The molecule has 1 aliphatic heterocycles. The molecule has 0 amide bonds. The van der Waals surface area contributed by atoms with Gasteiger partial charge in [-0.2, -0.15) is 0 Å². The van der Waals surface area contributed by atoms with Crippen molar-refractivity contribution in [2.45, 2.75) is 0 Å². The van der Waals surface area contributed by atoms with Gasteiger partial charge in [0, 0.05) is 26.2 Å². The molecule has 0 unspecified atom stereocenters. The van der Waals surface area contributed by atoms with E-state index in [0.717, 1.165) is 31.7 Å². The number of nitrogens with zero attached hydrogens (tertiary/aromatic N) is 2. The van der Waals surface area contributed by atoms with E-state index in [9.17, 15) is 10.1 Å². The Morgan fingerprint density at radius 2 is 1.74 bits per heavy atom. The van der Waals surface area contributed by atoms with E-state index >= 15 is 0 Å². The van der Waals surface area contributed by atoms with Crippen LogP contribution in [0.25, 0.3) is 12.2 Å². The summed E-state index contributed by atoms with van der Waals surface area (Å²) >= 11 is 0. The number of anilines is 1. The normalized spacial score (nSPS) is 15.0. The van der Waals surface area contributed by atoms with Crippen LogP contribution < -0.4 is 10.2 Å². The van der Waals surface area contributed by atoms with Crippen molar-refractivity contribution >= 4 is 23.5 Å². The third-order valence-electron chi connectivity index (χ3n) is 3.94. The van der Waals surface area contributed by atoms with Gasteiger partial charge < -0.3 is 10.2 Å². The summed E-state index contributed by atoms with van der Waals surface area (Å²) in [6, 6.07) is 15.3. The maximum atomic E-state index is 11.6. The Balaban J connectivity index is 1.96. The second kappa shape index (κ2) is 7.07. The minimum atomic E-state index is -0.276. The van der Waals surface area contributed by atoms with E-state index in [2.05, 4.69) is 10.2 Å². The number of hydrogen-bond acceptors (Lipinski definition) is 4. The molecular formula is C18H19N3O2. The van der Waals surface area contributed by atoms with Crippen LogP contribution in [0.3, 0.4) is 0 Å². The first-order valence-electron chi connectivity index (χ1n) is 7.72. The minimum Gasteiger partial charge on any atom is -0.363 e. The number of nitro groups is 1.